The summed E-state index contributed by atoms with van der Waals surface area (Å²) in [6.07, 6.45) is 1.78. The molecule has 1 unspecified atom stereocenters. The van der Waals surface area contributed by atoms with E-state index in [0.29, 0.717) is 15.1 Å². The molecule has 82 valence electrons. The van der Waals surface area contributed by atoms with Gasteiger partial charge in [0.05, 0.1) is 5.02 Å². The van der Waals surface area contributed by atoms with Gasteiger partial charge in [0.15, 0.2) is 0 Å². The van der Waals surface area contributed by atoms with E-state index in [2.05, 4.69) is 15.9 Å². The van der Waals surface area contributed by atoms with Crippen LogP contribution in [-0.2, 0) is 0 Å². The summed E-state index contributed by atoms with van der Waals surface area (Å²) in [6.45, 7) is 2.01. The standard InChI is InChI=1S/C11H12BrClFN/c1-5-2-3-8(15)10-9(5)7(14)4-6(12)11(10)13/h4-5,8H,2-3,15H2,1H3/t5?,8-/m0/s1. The largest absolute Gasteiger partial charge is 0.324 e. The molecule has 1 aromatic rings. The Morgan fingerprint density at radius 2 is 2.13 bits per heavy atom. The summed E-state index contributed by atoms with van der Waals surface area (Å²) >= 11 is 9.39. The van der Waals surface area contributed by atoms with Crippen LogP contribution in [-0.4, -0.2) is 0 Å². The fourth-order valence-electron chi connectivity index (χ4n) is 2.21. The second-order valence-electron chi connectivity index (χ2n) is 4.07. The van der Waals surface area contributed by atoms with Crippen molar-refractivity contribution in [3.05, 3.63) is 32.5 Å². The summed E-state index contributed by atoms with van der Waals surface area (Å²) < 4.78 is 14.4. The van der Waals surface area contributed by atoms with Crippen molar-refractivity contribution < 1.29 is 4.39 Å². The number of hydrogen-bond donors (Lipinski definition) is 1. The fraction of sp³-hybridized carbons (Fsp3) is 0.455. The highest BCUT2D eigenvalue weighted by atomic mass is 79.9. The van der Waals surface area contributed by atoms with Gasteiger partial charge in [0.1, 0.15) is 5.82 Å². The first-order valence-electron chi connectivity index (χ1n) is 4.95. The summed E-state index contributed by atoms with van der Waals surface area (Å²) in [5, 5.41) is 0.561. The van der Waals surface area contributed by atoms with Crippen LogP contribution in [0.25, 0.3) is 0 Å². The van der Waals surface area contributed by atoms with Crippen molar-refractivity contribution in [1.82, 2.24) is 0 Å². The van der Waals surface area contributed by atoms with Gasteiger partial charge in [-0.1, -0.05) is 18.5 Å². The number of rotatable bonds is 0. The van der Waals surface area contributed by atoms with E-state index in [1.54, 1.807) is 0 Å². The third-order valence-corrected chi connectivity index (χ3v) is 4.28. The first-order valence-corrected chi connectivity index (χ1v) is 6.12. The molecule has 0 aliphatic heterocycles. The van der Waals surface area contributed by atoms with Crippen LogP contribution < -0.4 is 5.73 Å². The molecule has 2 rings (SSSR count). The molecule has 0 saturated carbocycles. The molecule has 2 atom stereocenters. The molecule has 0 fully saturated rings. The van der Waals surface area contributed by atoms with Gasteiger partial charge in [-0.05, 0) is 51.9 Å². The minimum atomic E-state index is -0.205. The van der Waals surface area contributed by atoms with Crippen LogP contribution in [0.4, 0.5) is 4.39 Å². The Bertz CT molecular complexity index is 408. The monoisotopic (exact) mass is 291 g/mol. The summed E-state index contributed by atoms with van der Waals surface area (Å²) in [5.41, 5.74) is 7.45. The zero-order valence-corrected chi connectivity index (χ0v) is 10.7. The highest BCUT2D eigenvalue weighted by Crippen LogP contribution is 2.43. The molecule has 0 amide bonds. The molecular weight excluding hydrogens is 280 g/mol. The van der Waals surface area contributed by atoms with Crippen molar-refractivity contribution >= 4 is 27.5 Å². The summed E-state index contributed by atoms with van der Waals surface area (Å²) in [4.78, 5) is 0. The Hall–Kier alpha value is -0.120. The van der Waals surface area contributed by atoms with Crippen LogP contribution in [0.1, 0.15) is 42.9 Å². The van der Waals surface area contributed by atoms with Crippen LogP contribution in [0.3, 0.4) is 0 Å². The van der Waals surface area contributed by atoms with E-state index in [4.69, 9.17) is 17.3 Å². The first-order chi connectivity index (χ1) is 7.02. The molecule has 0 radical (unpaired) electrons. The maximum absolute atomic E-state index is 13.8. The summed E-state index contributed by atoms with van der Waals surface area (Å²) in [6, 6.07) is 1.28. The number of benzene rings is 1. The predicted octanol–water partition coefficient (Wildman–Crippen LogP) is 4.14. The van der Waals surface area contributed by atoms with E-state index in [1.165, 1.54) is 6.07 Å². The van der Waals surface area contributed by atoms with Crippen LogP contribution in [0.2, 0.25) is 5.02 Å². The lowest BCUT2D eigenvalue weighted by Gasteiger charge is -2.29. The van der Waals surface area contributed by atoms with Gasteiger partial charge in [0.2, 0.25) is 0 Å². The van der Waals surface area contributed by atoms with Crippen LogP contribution in [0.15, 0.2) is 10.5 Å². The van der Waals surface area contributed by atoms with E-state index in [9.17, 15) is 4.39 Å². The molecule has 1 aliphatic carbocycles. The highest BCUT2D eigenvalue weighted by Gasteiger charge is 2.28. The van der Waals surface area contributed by atoms with Crippen molar-refractivity contribution in [2.75, 3.05) is 0 Å². The Kier molecular flexibility index (Phi) is 3.06. The second-order valence-corrected chi connectivity index (χ2v) is 5.30. The van der Waals surface area contributed by atoms with Gasteiger partial charge in [-0.3, -0.25) is 0 Å². The molecule has 0 bridgehead atoms. The van der Waals surface area contributed by atoms with Gasteiger partial charge in [-0.15, -0.1) is 0 Å². The average Bonchev–Trinajstić information content (AvgIpc) is 2.18. The van der Waals surface area contributed by atoms with Gasteiger partial charge < -0.3 is 5.73 Å². The molecule has 0 aromatic heterocycles. The van der Waals surface area contributed by atoms with Gasteiger partial charge in [-0.25, -0.2) is 4.39 Å². The van der Waals surface area contributed by atoms with Gasteiger partial charge in [0.25, 0.3) is 0 Å². The predicted molar refractivity (Wildman–Crippen MR) is 63.7 cm³/mol. The van der Waals surface area contributed by atoms with Gasteiger partial charge in [-0.2, -0.15) is 0 Å². The Morgan fingerprint density at radius 1 is 1.47 bits per heavy atom. The van der Waals surface area contributed by atoms with Crippen molar-refractivity contribution in [2.45, 2.75) is 31.7 Å². The Morgan fingerprint density at radius 3 is 2.80 bits per heavy atom. The topological polar surface area (TPSA) is 26.0 Å². The molecule has 4 heteroatoms. The third kappa shape index (κ3) is 1.81. The molecule has 15 heavy (non-hydrogen) atoms. The minimum absolute atomic E-state index is 0.143. The van der Waals surface area contributed by atoms with Crippen LogP contribution >= 0.6 is 27.5 Å². The average molecular weight is 293 g/mol. The minimum Gasteiger partial charge on any atom is -0.324 e. The third-order valence-electron chi connectivity index (χ3n) is 3.02. The first kappa shape index (κ1) is 11.4. The Labute approximate surface area is 102 Å². The Balaban J connectivity index is 2.71. The van der Waals surface area contributed by atoms with E-state index < -0.39 is 0 Å². The lowest BCUT2D eigenvalue weighted by molar-refractivity contribution is 0.482. The molecule has 1 nitrogen and oxygen atoms in total. The van der Waals surface area contributed by atoms with E-state index in [1.807, 2.05) is 6.92 Å². The van der Waals surface area contributed by atoms with E-state index >= 15 is 0 Å². The van der Waals surface area contributed by atoms with Gasteiger partial charge in [0, 0.05) is 10.5 Å². The van der Waals surface area contributed by atoms with E-state index in [-0.39, 0.29) is 17.8 Å². The molecule has 0 heterocycles. The van der Waals surface area contributed by atoms with Crippen LogP contribution in [0.5, 0.6) is 0 Å². The lowest BCUT2D eigenvalue weighted by Crippen LogP contribution is -2.21. The van der Waals surface area contributed by atoms with E-state index in [0.717, 1.165) is 18.4 Å². The number of nitrogens with two attached hydrogens (primary N) is 1. The molecule has 1 aromatic carbocycles. The number of fused-ring (bicyclic) bond motifs is 1. The van der Waals surface area contributed by atoms with Crippen molar-refractivity contribution in [2.24, 2.45) is 5.73 Å². The quantitative estimate of drug-likeness (QED) is 0.715. The smallest absolute Gasteiger partial charge is 0.128 e. The van der Waals surface area contributed by atoms with Crippen LogP contribution in [0, 0.1) is 5.82 Å². The number of halogens is 3. The lowest BCUT2D eigenvalue weighted by atomic mass is 9.81. The maximum atomic E-state index is 13.8. The molecule has 0 saturated heterocycles. The molecular formula is C11H12BrClFN. The molecule has 1 aliphatic rings. The molecule has 2 N–H and O–H groups in total. The zero-order valence-electron chi connectivity index (χ0n) is 8.36. The van der Waals surface area contributed by atoms with Crippen molar-refractivity contribution in [3.63, 3.8) is 0 Å². The number of hydrogen-bond acceptors (Lipinski definition) is 1. The normalized spacial score (nSPS) is 25.1. The van der Waals surface area contributed by atoms with Gasteiger partial charge >= 0.3 is 0 Å². The second kappa shape index (κ2) is 4.04. The SMILES string of the molecule is CC1CC[C@H](N)c2c(Cl)c(Br)cc(F)c21. The molecule has 0 spiro atoms. The van der Waals surface area contributed by atoms with Crippen molar-refractivity contribution in [3.8, 4) is 0 Å². The summed E-state index contributed by atoms with van der Waals surface area (Å²) in [5.74, 6) is -0.00525. The highest BCUT2D eigenvalue weighted by molar-refractivity contribution is 9.10. The fourth-order valence-corrected chi connectivity index (χ4v) is 2.92. The summed E-state index contributed by atoms with van der Waals surface area (Å²) in [7, 11) is 0. The van der Waals surface area contributed by atoms with Crippen molar-refractivity contribution in [1.29, 1.82) is 0 Å². The zero-order chi connectivity index (χ0) is 11.2. The maximum Gasteiger partial charge on any atom is 0.128 e.